The van der Waals surface area contributed by atoms with Crippen LogP contribution >= 0.6 is 0 Å². The van der Waals surface area contributed by atoms with Crippen LogP contribution in [-0.4, -0.2) is 88.8 Å². The molecular formula is C30H35F3N8O4. The van der Waals surface area contributed by atoms with Gasteiger partial charge in [-0.2, -0.15) is 18.2 Å². The Bertz CT molecular complexity index is 1460. The number of halogens is 3. The molecule has 0 saturated carbocycles. The molecule has 2 aromatic heterocycles. The van der Waals surface area contributed by atoms with Gasteiger partial charge in [0.05, 0.1) is 13.2 Å². The number of carboxylic acids is 1. The molecule has 3 aromatic rings. The molecule has 0 bridgehead atoms. The van der Waals surface area contributed by atoms with Gasteiger partial charge in [0.25, 0.3) is 5.91 Å². The summed E-state index contributed by atoms with van der Waals surface area (Å²) in [5.74, 6) is -0.572. The maximum atomic E-state index is 13.4. The predicted molar refractivity (Wildman–Crippen MR) is 159 cm³/mol. The number of benzene rings is 1. The van der Waals surface area contributed by atoms with E-state index in [1.165, 1.54) is 6.07 Å². The highest BCUT2D eigenvalue weighted by molar-refractivity contribution is 5.96. The van der Waals surface area contributed by atoms with Crippen LogP contribution in [0.3, 0.4) is 0 Å². The van der Waals surface area contributed by atoms with Crippen LogP contribution in [0.4, 0.5) is 30.9 Å². The van der Waals surface area contributed by atoms with Crippen LogP contribution in [0.15, 0.2) is 48.7 Å². The summed E-state index contributed by atoms with van der Waals surface area (Å²) in [7, 11) is 0. The van der Waals surface area contributed by atoms with E-state index in [1.807, 2.05) is 40.1 Å². The Morgan fingerprint density at radius 3 is 2.29 bits per heavy atom. The zero-order chi connectivity index (χ0) is 32.0. The largest absolute Gasteiger partial charge is 0.480 e. The number of hydrogen-bond acceptors (Lipinski definition) is 10. The molecule has 2 N–H and O–H groups in total. The topological polar surface area (TPSA) is 137 Å². The van der Waals surface area contributed by atoms with Gasteiger partial charge >= 0.3 is 12.1 Å². The molecule has 2 aliphatic heterocycles. The van der Waals surface area contributed by atoms with Crippen LogP contribution in [0, 0.1) is 5.92 Å². The van der Waals surface area contributed by atoms with Crippen LogP contribution in [0.25, 0.3) is 0 Å². The number of ether oxygens (including phenoxy) is 1. The first-order valence-electron chi connectivity index (χ1n) is 14.8. The summed E-state index contributed by atoms with van der Waals surface area (Å²) >= 11 is 0. The maximum Gasteiger partial charge on any atom is 0.433 e. The lowest BCUT2D eigenvalue weighted by Gasteiger charge is -2.36. The molecule has 1 amide bonds. The minimum Gasteiger partial charge on any atom is -0.480 e. The van der Waals surface area contributed by atoms with Gasteiger partial charge in [0.15, 0.2) is 6.04 Å². The molecule has 0 radical (unpaired) electrons. The number of carboxylic acid groups (broad SMARTS) is 1. The Morgan fingerprint density at radius 2 is 1.62 bits per heavy atom. The van der Waals surface area contributed by atoms with E-state index in [2.05, 4.69) is 27.2 Å². The average molecular weight is 629 g/mol. The molecule has 1 unspecified atom stereocenters. The van der Waals surface area contributed by atoms with Gasteiger partial charge in [0.2, 0.25) is 11.9 Å². The fourth-order valence-corrected chi connectivity index (χ4v) is 5.12. The highest BCUT2D eigenvalue weighted by atomic mass is 19.4. The van der Waals surface area contributed by atoms with Gasteiger partial charge < -0.3 is 29.9 Å². The number of piperazine rings is 1. The van der Waals surface area contributed by atoms with E-state index >= 15 is 0 Å². The molecule has 2 saturated heterocycles. The number of anilines is 3. The van der Waals surface area contributed by atoms with E-state index in [9.17, 15) is 27.9 Å². The molecule has 4 heterocycles. The minimum atomic E-state index is -4.58. The van der Waals surface area contributed by atoms with E-state index in [0.717, 1.165) is 30.7 Å². The highest BCUT2D eigenvalue weighted by Crippen LogP contribution is 2.29. The Balaban J connectivity index is 1.31. The summed E-state index contributed by atoms with van der Waals surface area (Å²) in [6, 6.07) is 10.3. The average Bonchev–Trinajstić information content (AvgIpc) is 3.04. The van der Waals surface area contributed by atoms with Crippen LogP contribution in [0.1, 0.15) is 41.5 Å². The number of piperidine rings is 1. The van der Waals surface area contributed by atoms with Gasteiger partial charge in [0, 0.05) is 51.5 Å². The van der Waals surface area contributed by atoms with Crippen molar-refractivity contribution in [2.45, 2.75) is 38.6 Å². The van der Waals surface area contributed by atoms with Gasteiger partial charge in [0.1, 0.15) is 17.2 Å². The number of alkyl halides is 3. The number of carbonyl (C=O) groups excluding carboxylic acids is 1. The lowest BCUT2D eigenvalue weighted by Crippen LogP contribution is -2.48. The summed E-state index contributed by atoms with van der Waals surface area (Å²) in [6.07, 6.45) is -1.61. The van der Waals surface area contributed by atoms with Gasteiger partial charge in [-0.15, -0.1) is 0 Å². The number of amides is 1. The Morgan fingerprint density at radius 1 is 0.956 bits per heavy atom. The Labute approximate surface area is 258 Å². The quantitative estimate of drug-likeness (QED) is 0.342. The molecule has 45 heavy (non-hydrogen) atoms. The first-order chi connectivity index (χ1) is 21.6. The van der Waals surface area contributed by atoms with Crippen molar-refractivity contribution in [2.24, 2.45) is 5.92 Å². The molecule has 2 fully saturated rings. The SMILES string of the molecule is CC1CCN(c2nc(C(=O)NC(COCc3ccccc3)C(=O)O)cc(N3CCN(c4nccc(C(F)(F)F)n4)CC3)n2)CC1. The maximum absolute atomic E-state index is 13.4. The van der Waals surface area contributed by atoms with Crippen molar-refractivity contribution in [1.82, 2.24) is 25.3 Å². The van der Waals surface area contributed by atoms with Crippen molar-refractivity contribution in [3.8, 4) is 0 Å². The third-order valence-corrected chi connectivity index (χ3v) is 7.82. The molecule has 0 spiro atoms. The number of nitrogens with one attached hydrogen (secondary N) is 1. The van der Waals surface area contributed by atoms with E-state index < -0.39 is 29.8 Å². The normalized spacial score (nSPS) is 16.8. The third-order valence-electron chi connectivity index (χ3n) is 7.82. The summed E-state index contributed by atoms with van der Waals surface area (Å²) in [5, 5.41) is 12.3. The van der Waals surface area contributed by atoms with Gasteiger partial charge in [-0.25, -0.2) is 19.7 Å². The summed E-state index contributed by atoms with van der Waals surface area (Å²) in [6.45, 7) is 4.92. The molecule has 1 atom stereocenters. The van der Waals surface area contributed by atoms with E-state index in [1.54, 1.807) is 4.90 Å². The van der Waals surface area contributed by atoms with Crippen LogP contribution in [0.5, 0.6) is 0 Å². The number of rotatable bonds is 10. The number of aromatic nitrogens is 4. The fourth-order valence-electron chi connectivity index (χ4n) is 5.12. The van der Waals surface area contributed by atoms with Crippen molar-refractivity contribution in [3.05, 3.63) is 65.6 Å². The smallest absolute Gasteiger partial charge is 0.433 e. The molecule has 1 aromatic carbocycles. The van der Waals surface area contributed by atoms with Gasteiger partial charge in [-0.3, -0.25) is 4.79 Å². The number of hydrogen-bond donors (Lipinski definition) is 2. The van der Waals surface area contributed by atoms with Crippen LogP contribution in [-0.2, 0) is 22.3 Å². The Hall–Kier alpha value is -4.53. The molecule has 12 nitrogen and oxygen atoms in total. The predicted octanol–water partition coefficient (Wildman–Crippen LogP) is 3.25. The molecule has 15 heteroatoms. The standard InChI is InChI=1S/C30H35F3N8O4/c1-20-8-11-40(12-9-20)29-36-22(26(42)35-23(27(43)44)19-45-18-21-5-3-2-4-6-21)17-25(38-29)39-13-15-41(16-14-39)28-34-10-7-24(37-28)30(31,32)33/h2-7,10,17,20,23H,8-9,11-16,18-19H2,1H3,(H,35,42)(H,43,44). The number of carbonyl (C=O) groups is 2. The monoisotopic (exact) mass is 628 g/mol. The highest BCUT2D eigenvalue weighted by Gasteiger charge is 2.34. The molecule has 240 valence electrons. The van der Waals surface area contributed by atoms with Crippen molar-refractivity contribution < 1.29 is 32.6 Å². The van der Waals surface area contributed by atoms with Crippen molar-refractivity contribution >= 4 is 29.6 Å². The molecule has 0 aliphatic carbocycles. The van der Waals surface area contributed by atoms with Crippen LogP contribution in [0.2, 0.25) is 0 Å². The number of nitrogens with zero attached hydrogens (tertiary/aromatic N) is 7. The van der Waals surface area contributed by atoms with E-state index in [4.69, 9.17) is 9.72 Å². The summed E-state index contributed by atoms with van der Waals surface area (Å²) in [4.78, 5) is 47.9. The lowest BCUT2D eigenvalue weighted by atomic mass is 10.00. The second-order valence-corrected chi connectivity index (χ2v) is 11.2. The zero-order valence-electron chi connectivity index (χ0n) is 24.8. The minimum absolute atomic E-state index is 0.00609. The molecule has 2 aliphatic rings. The first-order valence-corrected chi connectivity index (χ1v) is 14.8. The van der Waals surface area contributed by atoms with E-state index in [-0.39, 0.29) is 24.9 Å². The van der Waals surface area contributed by atoms with Crippen molar-refractivity contribution in [3.63, 3.8) is 0 Å². The molecule has 5 rings (SSSR count). The zero-order valence-corrected chi connectivity index (χ0v) is 24.8. The first kappa shape index (κ1) is 31.9. The van der Waals surface area contributed by atoms with Gasteiger partial charge in [-0.05, 0) is 30.4 Å². The summed E-state index contributed by atoms with van der Waals surface area (Å²) in [5.41, 5.74) is -0.132. The second-order valence-electron chi connectivity index (χ2n) is 11.2. The number of aliphatic carboxylic acids is 1. The second kappa shape index (κ2) is 14.1. The summed E-state index contributed by atoms with van der Waals surface area (Å²) < 4.78 is 45.1. The lowest BCUT2D eigenvalue weighted by molar-refractivity contribution is -0.142. The van der Waals surface area contributed by atoms with E-state index in [0.29, 0.717) is 57.0 Å². The third kappa shape index (κ3) is 8.35. The van der Waals surface area contributed by atoms with Crippen LogP contribution < -0.4 is 20.0 Å². The Kier molecular flexibility index (Phi) is 9.96. The van der Waals surface area contributed by atoms with Crippen molar-refractivity contribution in [1.29, 1.82) is 0 Å². The molecular weight excluding hydrogens is 593 g/mol. The van der Waals surface area contributed by atoms with Gasteiger partial charge in [-0.1, -0.05) is 37.3 Å². The van der Waals surface area contributed by atoms with Crippen molar-refractivity contribution in [2.75, 3.05) is 60.6 Å². The fraction of sp³-hybridized carbons (Fsp3) is 0.467.